The summed E-state index contributed by atoms with van der Waals surface area (Å²) in [5.74, 6) is -0.742. The molecule has 0 fully saturated rings. The number of halogens is 3. The Morgan fingerprint density at radius 1 is 1.19 bits per heavy atom. The molecule has 0 spiro atoms. The number of nitrogens with zero attached hydrogens (tertiary/aromatic N) is 1. The average Bonchev–Trinajstić information content (AvgIpc) is 2.45. The molecule has 0 saturated carbocycles. The second kappa shape index (κ2) is 6.17. The number of carboxylic acids is 1. The number of carboxylic acid groups (broad SMARTS) is 1. The van der Waals surface area contributed by atoms with Crippen LogP contribution in [0.25, 0.3) is 0 Å². The minimum absolute atomic E-state index is 0.0782. The Bertz CT molecular complexity index is 641. The van der Waals surface area contributed by atoms with Gasteiger partial charge in [-0.25, -0.2) is 9.78 Å². The van der Waals surface area contributed by atoms with Crippen LogP contribution in [0.3, 0.4) is 0 Å². The van der Waals surface area contributed by atoms with Gasteiger partial charge in [0.05, 0.1) is 11.1 Å². The maximum absolute atomic E-state index is 12.4. The summed E-state index contributed by atoms with van der Waals surface area (Å²) >= 11 is 1.17. The number of carbonyl (C=O) groups is 1. The summed E-state index contributed by atoms with van der Waals surface area (Å²) in [6.07, 6.45) is -2.88. The van der Waals surface area contributed by atoms with Crippen molar-refractivity contribution >= 4 is 17.7 Å². The zero-order valence-electron chi connectivity index (χ0n) is 10.6. The number of hydrogen-bond acceptors (Lipinski definition) is 3. The zero-order valence-corrected chi connectivity index (χ0v) is 11.4. The van der Waals surface area contributed by atoms with Crippen LogP contribution in [0.15, 0.2) is 47.6 Å². The van der Waals surface area contributed by atoms with E-state index in [4.69, 9.17) is 5.11 Å². The lowest BCUT2D eigenvalue weighted by Gasteiger charge is -2.08. The van der Waals surface area contributed by atoms with Gasteiger partial charge in [0.2, 0.25) is 0 Å². The first kappa shape index (κ1) is 15.4. The first-order valence-corrected chi connectivity index (χ1v) is 6.84. The second-order valence-corrected chi connectivity index (χ2v) is 5.11. The predicted molar refractivity (Wildman–Crippen MR) is 72.2 cm³/mol. The molecule has 21 heavy (non-hydrogen) atoms. The number of pyridine rings is 1. The minimum atomic E-state index is -4.36. The summed E-state index contributed by atoms with van der Waals surface area (Å²) in [5.41, 5.74) is 0.0321. The normalized spacial score (nSPS) is 11.4. The molecule has 7 heteroatoms. The maximum Gasteiger partial charge on any atom is 0.416 e. The summed E-state index contributed by atoms with van der Waals surface area (Å²) in [5, 5.41) is 9.35. The molecule has 0 bridgehead atoms. The zero-order chi connectivity index (χ0) is 15.5. The monoisotopic (exact) mass is 313 g/mol. The summed E-state index contributed by atoms with van der Waals surface area (Å²) in [6.45, 7) is 0. The molecule has 1 heterocycles. The summed E-state index contributed by atoms with van der Waals surface area (Å²) in [7, 11) is 0. The van der Waals surface area contributed by atoms with Crippen molar-refractivity contribution in [2.24, 2.45) is 0 Å². The maximum atomic E-state index is 12.4. The fourth-order valence-electron chi connectivity index (χ4n) is 1.61. The highest BCUT2D eigenvalue weighted by atomic mass is 32.2. The van der Waals surface area contributed by atoms with Gasteiger partial charge in [0, 0.05) is 11.9 Å². The van der Waals surface area contributed by atoms with Gasteiger partial charge in [-0.1, -0.05) is 12.1 Å². The van der Waals surface area contributed by atoms with Crippen LogP contribution in [0.5, 0.6) is 0 Å². The van der Waals surface area contributed by atoms with E-state index in [0.29, 0.717) is 16.3 Å². The van der Waals surface area contributed by atoms with E-state index in [1.807, 2.05) is 0 Å². The van der Waals surface area contributed by atoms with E-state index in [2.05, 4.69) is 4.98 Å². The molecule has 0 amide bonds. The van der Waals surface area contributed by atoms with Crippen LogP contribution in [0, 0.1) is 0 Å². The van der Waals surface area contributed by atoms with Crippen molar-refractivity contribution < 1.29 is 23.1 Å². The highest BCUT2D eigenvalue weighted by Gasteiger charge is 2.29. The van der Waals surface area contributed by atoms with E-state index in [9.17, 15) is 18.0 Å². The lowest BCUT2D eigenvalue weighted by Crippen LogP contribution is -2.04. The molecule has 0 aliphatic rings. The van der Waals surface area contributed by atoms with Gasteiger partial charge in [0.15, 0.2) is 0 Å². The lowest BCUT2D eigenvalue weighted by atomic mass is 10.1. The van der Waals surface area contributed by atoms with Crippen LogP contribution in [-0.2, 0) is 11.9 Å². The fraction of sp³-hybridized carbons (Fsp3) is 0.143. The highest BCUT2D eigenvalue weighted by Crippen LogP contribution is 2.30. The molecule has 0 radical (unpaired) electrons. The van der Waals surface area contributed by atoms with Gasteiger partial charge in [0.25, 0.3) is 0 Å². The molecule has 3 nitrogen and oxygen atoms in total. The van der Waals surface area contributed by atoms with Gasteiger partial charge >= 0.3 is 12.1 Å². The van der Waals surface area contributed by atoms with Crippen molar-refractivity contribution in [2.75, 3.05) is 0 Å². The summed E-state index contributed by atoms with van der Waals surface area (Å²) < 4.78 is 37.3. The number of thioether (sulfide) groups is 1. The topological polar surface area (TPSA) is 50.2 Å². The molecule has 0 aliphatic carbocycles. The Kier molecular flexibility index (Phi) is 4.52. The molecule has 0 saturated heterocycles. The number of benzene rings is 1. The van der Waals surface area contributed by atoms with Gasteiger partial charge in [0.1, 0.15) is 5.03 Å². The number of hydrogen-bond donors (Lipinski definition) is 1. The quantitative estimate of drug-likeness (QED) is 0.864. The Labute approximate surface area is 122 Å². The predicted octanol–water partition coefficient (Wildman–Crippen LogP) is 4.09. The van der Waals surface area contributed by atoms with Crippen molar-refractivity contribution in [3.05, 3.63) is 59.3 Å². The number of aromatic nitrogens is 1. The standard InChI is InChI=1S/C14H10F3NO2S/c15-14(16,17)10-5-3-9(4-6-10)8-21-12-11(13(19)20)2-1-7-18-12/h1-7H,8H2,(H,19,20). The summed E-state index contributed by atoms with van der Waals surface area (Å²) in [4.78, 5) is 15.0. The first-order valence-electron chi connectivity index (χ1n) is 5.85. The molecular weight excluding hydrogens is 303 g/mol. The Morgan fingerprint density at radius 2 is 1.86 bits per heavy atom. The van der Waals surface area contributed by atoms with Gasteiger partial charge in [-0.15, -0.1) is 11.8 Å². The van der Waals surface area contributed by atoms with E-state index in [0.717, 1.165) is 12.1 Å². The van der Waals surface area contributed by atoms with Crippen molar-refractivity contribution in [3.63, 3.8) is 0 Å². The third-order valence-corrected chi connectivity index (χ3v) is 3.73. The molecule has 0 atom stereocenters. The average molecular weight is 313 g/mol. The van der Waals surface area contributed by atoms with Crippen molar-refractivity contribution in [1.29, 1.82) is 0 Å². The van der Waals surface area contributed by atoms with E-state index in [1.54, 1.807) is 0 Å². The van der Waals surface area contributed by atoms with Crippen LogP contribution < -0.4 is 0 Å². The SMILES string of the molecule is O=C(O)c1cccnc1SCc1ccc(C(F)(F)F)cc1. The molecular formula is C14H10F3NO2S. The Morgan fingerprint density at radius 3 is 2.43 bits per heavy atom. The lowest BCUT2D eigenvalue weighted by molar-refractivity contribution is -0.137. The highest BCUT2D eigenvalue weighted by molar-refractivity contribution is 7.98. The van der Waals surface area contributed by atoms with Gasteiger partial charge < -0.3 is 5.11 Å². The Hall–Kier alpha value is -2.02. The molecule has 2 aromatic rings. The molecule has 0 aliphatic heterocycles. The van der Waals surface area contributed by atoms with Crippen molar-refractivity contribution in [2.45, 2.75) is 17.0 Å². The first-order chi connectivity index (χ1) is 9.88. The molecule has 1 aromatic carbocycles. The third kappa shape index (κ3) is 3.98. The number of alkyl halides is 3. The van der Waals surface area contributed by atoms with Crippen molar-refractivity contribution in [3.8, 4) is 0 Å². The molecule has 1 aromatic heterocycles. The van der Waals surface area contributed by atoms with E-state index >= 15 is 0 Å². The molecule has 110 valence electrons. The van der Waals surface area contributed by atoms with Crippen molar-refractivity contribution in [1.82, 2.24) is 4.98 Å². The second-order valence-electron chi connectivity index (χ2n) is 4.14. The smallest absolute Gasteiger partial charge is 0.416 e. The van der Waals surface area contributed by atoms with Crippen LogP contribution in [0.1, 0.15) is 21.5 Å². The van der Waals surface area contributed by atoms with Crippen LogP contribution in [0.2, 0.25) is 0 Å². The molecule has 1 N–H and O–H groups in total. The van der Waals surface area contributed by atoms with E-state index in [-0.39, 0.29) is 5.56 Å². The summed E-state index contributed by atoms with van der Waals surface area (Å²) in [6, 6.07) is 7.72. The van der Waals surface area contributed by atoms with Gasteiger partial charge in [-0.2, -0.15) is 13.2 Å². The van der Waals surface area contributed by atoms with Gasteiger partial charge in [-0.3, -0.25) is 0 Å². The van der Waals surface area contributed by atoms with Crippen LogP contribution >= 0.6 is 11.8 Å². The molecule has 2 rings (SSSR count). The van der Waals surface area contributed by atoms with E-state index in [1.165, 1.54) is 42.2 Å². The van der Waals surface area contributed by atoms with E-state index < -0.39 is 17.7 Å². The Balaban J connectivity index is 2.09. The fourth-order valence-corrected chi connectivity index (χ4v) is 2.55. The number of rotatable bonds is 4. The van der Waals surface area contributed by atoms with Crippen LogP contribution in [0.4, 0.5) is 13.2 Å². The molecule has 0 unspecified atom stereocenters. The van der Waals surface area contributed by atoms with Crippen LogP contribution in [-0.4, -0.2) is 16.1 Å². The minimum Gasteiger partial charge on any atom is -0.478 e. The van der Waals surface area contributed by atoms with Gasteiger partial charge in [-0.05, 0) is 29.8 Å². The third-order valence-electron chi connectivity index (χ3n) is 2.66. The largest absolute Gasteiger partial charge is 0.478 e. The number of aromatic carboxylic acids is 1.